The summed E-state index contributed by atoms with van der Waals surface area (Å²) >= 11 is 0. The van der Waals surface area contributed by atoms with Crippen LogP contribution in [-0.2, 0) is 14.3 Å². The fourth-order valence-corrected chi connectivity index (χ4v) is 2.45. The molecule has 1 atom stereocenters. The van der Waals surface area contributed by atoms with Gasteiger partial charge in [-0.2, -0.15) is 0 Å². The molecule has 0 aliphatic carbocycles. The van der Waals surface area contributed by atoms with Crippen molar-refractivity contribution in [1.82, 2.24) is 5.32 Å². The van der Waals surface area contributed by atoms with Crippen LogP contribution < -0.4 is 10.1 Å². The zero-order valence-corrected chi connectivity index (χ0v) is 15.9. The van der Waals surface area contributed by atoms with E-state index in [2.05, 4.69) is 5.32 Å². The monoisotopic (exact) mass is 367 g/mol. The van der Waals surface area contributed by atoms with E-state index in [4.69, 9.17) is 9.47 Å². The lowest BCUT2D eigenvalue weighted by atomic mass is 10.0. The number of methoxy groups -OCH3 is 1. The predicted molar refractivity (Wildman–Crippen MR) is 106 cm³/mol. The van der Waals surface area contributed by atoms with Crippen molar-refractivity contribution in [2.45, 2.75) is 26.3 Å². The van der Waals surface area contributed by atoms with Gasteiger partial charge in [0.05, 0.1) is 12.7 Å². The summed E-state index contributed by atoms with van der Waals surface area (Å²) in [5.41, 5.74) is 1.81. The topological polar surface area (TPSA) is 64.6 Å². The second-order valence-electron chi connectivity index (χ2n) is 6.12. The maximum Gasteiger partial charge on any atom is 0.339 e. The molecule has 1 amide bonds. The van der Waals surface area contributed by atoms with E-state index in [-0.39, 0.29) is 18.6 Å². The number of rotatable bonds is 8. The number of hydrogen-bond donors (Lipinski definition) is 1. The van der Waals surface area contributed by atoms with E-state index >= 15 is 0 Å². The Labute approximate surface area is 160 Å². The highest BCUT2D eigenvalue weighted by molar-refractivity contribution is 6.22. The summed E-state index contributed by atoms with van der Waals surface area (Å²) in [5, 5.41) is 2.78. The normalized spacial score (nSPS) is 12.2. The van der Waals surface area contributed by atoms with E-state index < -0.39 is 5.97 Å². The van der Waals surface area contributed by atoms with Crippen molar-refractivity contribution in [3.63, 3.8) is 0 Å². The molecule has 0 saturated carbocycles. The maximum atomic E-state index is 12.7. The maximum absolute atomic E-state index is 12.7. The summed E-state index contributed by atoms with van der Waals surface area (Å²) < 4.78 is 10.6. The van der Waals surface area contributed by atoms with Crippen LogP contribution in [0.3, 0.4) is 0 Å². The Balaban J connectivity index is 2.24. The van der Waals surface area contributed by atoms with Crippen LogP contribution in [0.25, 0.3) is 11.6 Å². The summed E-state index contributed by atoms with van der Waals surface area (Å²) in [6.45, 7) is 3.55. The fraction of sp³-hybridized carbons (Fsp3) is 0.273. The standard InChI is InChI=1S/C22H25NO4/c1-4-16(2)23-21(24)15-27-22(25)19(17-10-6-5-7-11-17)14-18-12-8-9-13-20(18)26-3/h5-14,16H,4,15H2,1-3H3,(H,23,24)/b19-14+/t16-/m1/s1. The fourth-order valence-electron chi connectivity index (χ4n) is 2.45. The van der Waals surface area contributed by atoms with Gasteiger partial charge < -0.3 is 14.8 Å². The molecular weight excluding hydrogens is 342 g/mol. The van der Waals surface area contributed by atoms with Crippen molar-refractivity contribution in [3.8, 4) is 5.75 Å². The minimum absolute atomic E-state index is 0.0360. The van der Waals surface area contributed by atoms with Gasteiger partial charge in [-0.05, 0) is 31.1 Å². The van der Waals surface area contributed by atoms with Crippen LogP contribution in [0.5, 0.6) is 5.75 Å². The predicted octanol–water partition coefficient (Wildman–Crippen LogP) is 3.69. The molecule has 0 aliphatic rings. The molecule has 5 heteroatoms. The number of amides is 1. The molecule has 0 spiro atoms. The van der Waals surface area contributed by atoms with E-state index in [0.29, 0.717) is 16.9 Å². The minimum Gasteiger partial charge on any atom is -0.496 e. The van der Waals surface area contributed by atoms with Crippen LogP contribution in [0.4, 0.5) is 0 Å². The Morgan fingerprint density at radius 1 is 1.07 bits per heavy atom. The molecule has 2 aromatic rings. The highest BCUT2D eigenvalue weighted by atomic mass is 16.5. The van der Waals surface area contributed by atoms with Crippen LogP contribution >= 0.6 is 0 Å². The lowest BCUT2D eigenvalue weighted by Crippen LogP contribution is -2.35. The summed E-state index contributed by atoms with van der Waals surface area (Å²) in [4.78, 5) is 24.6. The van der Waals surface area contributed by atoms with Crippen molar-refractivity contribution >= 4 is 23.5 Å². The molecule has 0 saturated heterocycles. The van der Waals surface area contributed by atoms with Gasteiger partial charge in [0.2, 0.25) is 0 Å². The number of para-hydroxylation sites is 1. The summed E-state index contributed by atoms with van der Waals surface area (Å²) in [6.07, 6.45) is 2.52. The number of ether oxygens (including phenoxy) is 2. The zero-order valence-electron chi connectivity index (χ0n) is 15.9. The lowest BCUT2D eigenvalue weighted by molar-refractivity contribution is -0.143. The molecule has 1 N–H and O–H groups in total. The molecular formula is C22H25NO4. The number of hydrogen-bond acceptors (Lipinski definition) is 4. The van der Waals surface area contributed by atoms with Crippen molar-refractivity contribution in [1.29, 1.82) is 0 Å². The van der Waals surface area contributed by atoms with Crippen LogP contribution in [0.1, 0.15) is 31.4 Å². The average Bonchev–Trinajstić information content (AvgIpc) is 2.71. The van der Waals surface area contributed by atoms with Gasteiger partial charge in [0.15, 0.2) is 6.61 Å². The van der Waals surface area contributed by atoms with Crippen molar-refractivity contribution in [3.05, 3.63) is 65.7 Å². The number of benzene rings is 2. The van der Waals surface area contributed by atoms with Crippen molar-refractivity contribution in [2.75, 3.05) is 13.7 Å². The van der Waals surface area contributed by atoms with Gasteiger partial charge >= 0.3 is 5.97 Å². The third kappa shape index (κ3) is 5.99. The van der Waals surface area contributed by atoms with Gasteiger partial charge in [0, 0.05) is 11.6 Å². The second-order valence-corrected chi connectivity index (χ2v) is 6.12. The Morgan fingerprint density at radius 3 is 2.41 bits per heavy atom. The number of nitrogens with one attached hydrogen (secondary N) is 1. The molecule has 0 aromatic heterocycles. The lowest BCUT2D eigenvalue weighted by Gasteiger charge is -2.13. The highest BCUT2D eigenvalue weighted by Crippen LogP contribution is 2.25. The second kappa shape index (κ2) is 10.2. The van der Waals surface area contributed by atoms with Gasteiger partial charge in [0.1, 0.15) is 5.75 Å². The van der Waals surface area contributed by atoms with Crippen LogP contribution in [0.15, 0.2) is 54.6 Å². The van der Waals surface area contributed by atoms with E-state index in [0.717, 1.165) is 12.0 Å². The average molecular weight is 367 g/mol. The van der Waals surface area contributed by atoms with Crippen molar-refractivity contribution in [2.24, 2.45) is 0 Å². The first kappa shape index (κ1) is 20.2. The van der Waals surface area contributed by atoms with E-state index in [9.17, 15) is 9.59 Å². The molecule has 2 aromatic carbocycles. The molecule has 0 bridgehead atoms. The molecule has 0 unspecified atom stereocenters. The van der Waals surface area contributed by atoms with Gasteiger partial charge in [-0.1, -0.05) is 55.5 Å². The smallest absolute Gasteiger partial charge is 0.339 e. The third-order valence-electron chi connectivity index (χ3n) is 4.10. The van der Waals surface area contributed by atoms with Gasteiger partial charge in [-0.15, -0.1) is 0 Å². The molecule has 2 rings (SSSR count). The quantitative estimate of drug-likeness (QED) is 0.439. The summed E-state index contributed by atoms with van der Waals surface area (Å²) in [7, 11) is 1.58. The van der Waals surface area contributed by atoms with Gasteiger partial charge in [0.25, 0.3) is 5.91 Å². The Bertz CT molecular complexity index is 799. The minimum atomic E-state index is -0.564. The Kier molecular flexibility index (Phi) is 7.62. The Hall–Kier alpha value is -3.08. The SMILES string of the molecule is CC[C@@H](C)NC(=O)COC(=O)/C(=C/c1ccccc1OC)c1ccccc1. The zero-order chi connectivity index (χ0) is 19.6. The van der Waals surface area contributed by atoms with E-state index in [1.165, 1.54) is 0 Å². The first-order chi connectivity index (χ1) is 13.0. The Morgan fingerprint density at radius 2 is 1.74 bits per heavy atom. The highest BCUT2D eigenvalue weighted by Gasteiger charge is 2.17. The number of esters is 1. The summed E-state index contributed by atoms with van der Waals surface area (Å²) in [5.74, 6) is -0.234. The van der Waals surface area contributed by atoms with Crippen LogP contribution in [0, 0.1) is 0 Å². The van der Waals surface area contributed by atoms with E-state index in [1.807, 2.05) is 68.4 Å². The number of carbonyl (C=O) groups excluding carboxylic acids is 2. The molecule has 0 heterocycles. The molecule has 142 valence electrons. The van der Waals surface area contributed by atoms with Crippen LogP contribution in [-0.4, -0.2) is 31.6 Å². The molecule has 5 nitrogen and oxygen atoms in total. The van der Waals surface area contributed by atoms with E-state index in [1.54, 1.807) is 13.2 Å². The molecule has 0 aliphatic heterocycles. The molecule has 27 heavy (non-hydrogen) atoms. The molecule has 0 fully saturated rings. The summed E-state index contributed by atoms with van der Waals surface area (Å²) in [6, 6.07) is 16.6. The first-order valence-electron chi connectivity index (χ1n) is 8.91. The molecule has 0 radical (unpaired) electrons. The van der Waals surface area contributed by atoms with Crippen molar-refractivity contribution < 1.29 is 19.1 Å². The van der Waals surface area contributed by atoms with Gasteiger partial charge in [-0.3, -0.25) is 4.79 Å². The van der Waals surface area contributed by atoms with Gasteiger partial charge in [-0.25, -0.2) is 4.79 Å². The van der Waals surface area contributed by atoms with Crippen LogP contribution in [0.2, 0.25) is 0 Å². The third-order valence-corrected chi connectivity index (χ3v) is 4.10. The largest absolute Gasteiger partial charge is 0.496 e. The first-order valence-corrected chi connectivity index (χ1v) is 8.91. The number of carbonyl (C=O) groups is 2.